The van der Waals surface area contributed by atoms with E-state index in [1.165, 1.54) is 0 Å². The Kier molecular flexibility index (Phi) is 6.33. The second kappa shape index (κ2) is 8.74. The van der Waals surface area contributed by atoms with Crippen molar-refractivity contribution in [3.63, 3.8) is 0 Å². The predicted molar refractivity (Wildman–Crippen MR) is 118 cm³/mol. The van der Waals surface area contributed by atoms with Crippen LogP contribution in [0.5, 0.6) is 0 Å². The minimum Gasteiger partial charge on any atom is -0.437 e. The van der Waals surface area contributed by atoms with Crippen LogP contribution in [0.4, 0.5) is 5.82 Å². The summed E-state index contributed by atoms with van der Waals surface area (Å²) in [6.45, 7) is 11.1. The average Bonchev–Trinajstić information content (AvgIpc) is 2.70. The Bertz CT molecular complexity index is 1100. The zero-order chi connectivity index (χ0) is 21.1. The fraction of sp³-hybridized carbons (Fsp3) is 0.435. The van der Waals surface area contributed by atoms with Gasteiger partial charge in [-0.3, -0.25) is 9.59 Å². The molecule has 29 heavy (non-hydrogen) atoms. The monoisotopic (exact) mass is 395 g/mol. The van der Waals surface area contributed by atoms with Crippen molar-refractivity contribution in [3.8, 4) is 0 Å². The SMILES string of the molecule is CCN(CC)CCCC(=O)c1cc2c(=O)c3cc(C(C)C)ccc3oc2nc1N. The molecule has 2 aromatic heterocycles. The molecule has 0 radical (unpaired) electrons. The van der Waals surface area contributed by atoms with Crippen LogP contribution in [0.3, 0.4) is 0 Å². The summed E-state index contributed by atoms with van der Waals surface area (Å²) < 4.78 is 5.81. The van der Waals surface area contributed by atoms with Crippen molar-refractivity contribution >= 4 is 33.7 Å². The van der Waals surface area contributed by atoms with E-state index in [0.717, 1.165) is 31.6 Å². The molecule has 0 saturated heterocycles. The second-order valence-corrected chi connectivity index (χ2v) is 7.67. The molecular weight excluding hydrogens is 366 g/mol. The van der Waals surface area contributed by atoms with Gasteiger partial charge in [0.1, 0.15) is 11.4 Å². The van der Waals surface area contributed by atoms with Crippen LogP contribution < -0.4 is 11.2 Å². The fourth-order valence-electron chi connectivity index (χ4n) is 3.53. The molecule has 154 valence electrons. The Morgan fingerprint density at radius 2 is 1.90 bits per heavy atom. The van der Waals surface area contributed by atoms with Crippen molar-refractivity contribution in [2.24, 2.45) is 0 Å². The normalized spacial score (nSPS) is 11.8. The maximum absolute atomic E-state index is 13.1. The Morgan fingerprint density at radius 1 is 1.17 bits per heavy atom. The third kappa shape index (κ3) is 4.32. The molecule has 0 unspecified atom stereocenters. The van der Waals surface area contributed by atoms with Gasteiger partial charge in [0.25, 0.3) is 0 Å². The highest BCUT2D eigenvalue weighted by Gasteiger charge is 2.17. The van der Waals surface area contributed by atoms with Crippen molar-refractivity contribution in [1.82, 2.24) is 9.88 Å². The van der Waals surface area contributed by atoms with Crippen LogP contribution in [0.1, 0.15) is 62.4 Å². The standard InChI is InChI=1S/C23H29N3O3/c1-5-26(6-2)11-7-8-19(27)16-13-18-21(28)17-12-15(14(3)4)9-10-20(17)29-23(18)25-22(16)24/h9-10,12-14H,5-8,11H2,1-4H3,(H2,24,25). The fourth-order valence-corrected chi connectivity index (χ4v) is 3.53. The van der Waals surface area contributed by atoms with Crippen molar-refractivity contribution in [2.45, 2.75) is 46.5 Å². The number of hydrogen-bond acceptors (Lipinski definition) is 6. The zero-order valence-electron chi connectivity index (χ0n) is 17.6. The lowest BCUT2D eigenvalue weighted by molar-refractivity contribution is 0.0976. The molecule has 0 aliphatic heterocycles. The number of hydrogen-bond donors (Lipinski definition) is 1. The Balaban J connectivity index is 1.98. The lowest BCUT2D eigenvalue weighted by Crippen LogP contribution is -2.24. The summed E-state index contributed by atoms with van der Waals surface area (Å²) >= 11 is 0. The van der Waals surface area contributed by atoms with E-state index in [2.05, 4.69) is 37.6 Å². The number of benzene rings is 1. The number of pyridine rings is 1. The van der Waals surface area contributed by atoms with Crippen molar-refractivity contribution in [3.05, 3.63) is 45.6 Å². The maximum Gasteiger partial charge on any atom is 0.232 e. The highest BCUT2D eigenvalue weighted by atomic mass is 16.3. The summed E-state index contributed by atoms with van der Waals surface area (Å²) in [4.78, 5) is 32.3. The van der Waals surface area contributed by atoms with Crippen molar-refractivity contribution in [2.75, 3.05) is 25.4 Å². The van der Waals surface area contributed by atoms with Crippen LogP contribution in [0.15, 0.2) is 33.5 Å². The van der Waals surface area contributed by atoms with Crippen LogP contribution in [0.2, 0.25) is 0 Å². The first kappa shape index (κ1) is 21.0. The van der Waals surface area contributed by atoms with Gasteiger partial charge in [-0.1, -0.05) is 33.8 Å². The Labute approximate surface area is 170 Å². The third-order valence-electron chi connectivity index (χ3n) is 5.46. The molecule has 1 aromatic carbocycles. The minimum absolute atomic E-state index is 0.0977. The van der Waals surface area contributed by atoms with Crippen molar-refractivity contribution in [1.29, 1.82) is 0 Å². The Hall–Kier alpha value is -2.73. The van der Waals surface area contributed by atoms with E-state index in [9.17, 15) is 9.59 Å². The van der Waals surface area contributed by atoms with E-state index < -0.39 is 0 Å². The number of nitrogens with zero attached hydrogens (tertiary/aromatic N) is 2. The number of rotatable bonds is 8. The van der Waals surface area contributed by atoms with E-state index in [1.807, 2.05) is 12.1 Å². The molecular formula is C23H29N3O3. The highest BCUT2D eigenvalue weighted by molar-refractivity contribution is 6.03. The van der Waals surface area contributed by atoms with E-state index in [4.69, 9.17) is 10.2 Å². The molecule has 0 bridgehead atoms. The molecule has 0 atom stereocenters. The molecule has 3 aromatic rings. The van der Waals surface area contributed by atoms with Crippen LogP contribution in [-0.2, 0) is 0 Å². The average molecular weight is 396 g/mol. The first-order valence-electron chi connectivity index (χ1n) is 10.3. The number of carbonyl (C=O) groups is 1. The van der Waals surface area contributed by atoms with Gasteiger partial charge in [0.2, 0.25) is 11.1 Å². The van der Waals surface area contributed by atoms with Crippen LogP contribution >= 0.6 is 0 Å². The first-order valence-corrected chi connectivity index (χ1v) is 10.3. The van der Waals surface area contributed by atoms with Gasteiger partial charge in [-0.2, -0.15) is 4.98 Å². The van der Waals surface area contributed by atoms with Gasteiger partial charge >= 0.3 is 0 Å². The molecule has 0 amide bonds. The Morgan fingerprint density at radius 3 is 2.55 bits per heavy atom. The van der Waals surface area contributed by atoms with E-state index in [-0.39, 0.29) is 22.7 Å². The first-order chi connectivity index (χ1) is 13.8. The van der Waals surface area contributed by atoms with E-state index in [1.54, 1.807) is 12.1 Å². The van der Waals surface area contributed by atoms with E-state index >= 15 is 0 Å². The summed E-state index contributed by atoms with van der Waals surface area (Å²) in [5.41, 5.74) is 7.82. The smallest absolute Gasteiger partial charge is 0.232 e. The largest absolute Gasteiger partial charge is 0.437 e. The van der Waals surface area contributed by atoms with Crippen LogP contribution in [0, 0.1) is 0 Å². The second-order valence-electron chi connectivity index (χ2n) is 7.67. The number of nitrogens with two attached hydrogens (primary N) is 1. The summed E-state index contributed by atoms with van der Waals surface area (Å²) in [5.74, 6) is 0.299. The summed E-state index contributed by atoms with van der Waals surface area (Å²) in [5, 5.41) is 0.787. The van der Waals surface area contributed by atoms with Gasteiger partial charge in [-0.05, 0) is 55.7 Å². The summed E-state index contributed by atoms with van der Waals surface area (Å²) in [7, 11) is 0. The zero-order valence-corrected chi connectivity index (χ0v) is 17.6. The summed E-state index contributed by atoms with van der Waals surface area (Å²) in [6, 6.07) is 7.13. The molecule has 0 aliphatic rings. The minimum atomic E-state index is -0.187. The van der Waals surface area contributed by atoms with Crippen LogP contribution in [-0.4, -0.2) is 35.3 Å². The molecule has 0 fully saturated rings. The molecule has 0 spiro atoms. The topological polar surface area (TPSA) is 89.4 Å². The number of carbonyl (C=O) groups excluding carboxylic acids is 1. The number of anilines is 1. The quantitative estimate of drug-likeness (QED) is 0.450. The lowest BCUT2D eigenvalue weighted by atomic mass is 10.0. The third-order valence-corrected chi connectivity index (χ3v) is 5.46. The molecule has 2 N–H and O–H groups in total. The number of Topliss-reactive ketones (excluding diaryl/α,β-unsaturated/α-hetero) is 1. The van der Waals surface area contributed by atoms with Gasteiger partial charge in [0.05, 0.1) is 16.3 Å². The number of aromatic nitrogens is 1. The molecule has 6 heteroatoms. The van der Waals surface area contributed by atoms with Gasteiger partial charge < -0.3 is 15.1 Å². The molecule has 2 heterocycles. The van der Waals surface area contributed by atoms with Crippen LogP contribution in [0.25, 0.3) is 22.1 Å². The lowest BCUT2D eigenvalue weighted by Gasteiger charge is -2.17. The molecule has 6 nitrogen and oxygen atoms in total. The van der Waals surface area contributed by atoms with Gasteiger partial charge in [-0.25, -0.2) is 0 Å². The molecule has 3 rings (SSSR count). The molecule has 0 saturated carbocycles. The summed E-state index contributed by atoms with van der Waals surface area (Å²) in [6.07, 6.45) is 1.10. The van der Waals surface area contributed by atoms with Crippen molar-refractivity contribution < 1.29 is 9.21 Å². The van der Waals surface area contributed by atoms with Gasteiger partial charge in [0, 0.05) is 6.42 Å². The van der Waals surface area contributed by atoms with E-state index in [0.29, 0.717) is 34.3 Å². The maximum atomic E-state index is 13.1. The number of fused-ring (bicyclic) bond motifs is 2. The predicted octanol–water partition coefficient (Wildman–Crippen LogP) is 4.35. The van der Waals surface area contributed by atoms with Gasteiger partial charge in [-0.15, -0.1) is 0 Å². The molecule has 0 aliphatic carbocycles. The number of ketones is 1. The van der Waals surface area contributed by atoms with Gasteiger partial charge in [0.15, 0.2) is 5.78 Å². The highest BCUT2D eigenvalue weighted by Crippen LogP contribution is 2.24. The number of nitrogen functional groups attached to an aromatic ring is 1.